The van der Waals surface area contributed by atoms with Crippen LogP contribution in [-0.4, -0.2) is 28.2 Å². The monoisotopic (exact) mass is 223 g/mol. The van der Waals surface area contributed by atoms with Gasteiger partial charge in [-0.3, -0.25) is 4.79 Å². The third-order valence-corrected chi connectivity index (χ3v) is 2.69. The van der Waals surface area contributed by atoms with Gasteiger partial charge in [0.05, 0.1) is 6.20 Å². The highest BCUT2D eigenvalue weighted by molar-refractivity contribution is 7.13. The summed E-state index contributed by atoms with van der Waals surface area (Å²) in [6.45, 7) is 0.409. The van der Waals surface area contributed by atoms with Gasteiger partial charge in [0, 0.05) is 24.3 Å². The minimum Gasteiger partial charge on any atom is -0.362 e. The predicted octanol–water partition coefficient (Wildman–Crippen LogP) is 1.42. The van der Waals surface area contributed by atoms with Gasteiger partial charge in [-0.15, -0.1) is 11.3 Å². The van der Waals surface area contributed by atoms with E-state index in [9.17, 15) is 4.79 Å². The topological polar surface area (TPSA) is 57.0 Å². The van der Waals surface area contributed by atoms with Gasteiger partial charge < -0.3 is 4.74 Å². The lowest BCUT2D eigenvalue weighted by Gasteiger charge is -1.95. The first-order valence-corrected chi connectivity index (χ1v) is 5.14. The molecule has 2 rings (SSSR count). The fourth-order valence-corrected chi connectivity index (χ4v) is 1.89. The summed E-state index contributed by atoms with van der Waals surface area (Å²) in [5.74, 6) is 0. The smallest absolute Gasteiger partial charge is 0.169 e. The predicted molar refractivity (Wildman–Crippen MR) is 55.7 cm³/mol. The minimum absolute atomic E-state index is 0.409. The molecule has 6 heteroatoms. The van der Waals surface area contributed by atoms with E-state index in [4.69, 9.17) is 4.74 Å². The molecule has 2 aromatic heterocycles. The average Bonchev–Trinajstić information content (AvgIpc) is 2.85. The molecule has 0 saturated carbocycles. The van der Waals surface area contributed by atoms with Crippen LogP contribution < -0.4 is 0 Å². The molecule has 0 N–H and O–H groups in total. The van der Waals surface area contributed by atoms with E-state index in [1.807, 2.05) is 6.20 Å². The van der Waals surface area contributed by atoms with Gasteiger partial charge in [0.25, 0.3) is 0 Å². The molecule has 0 aromatic carbocycles. The van der Waals surface area contributed by atoms with E-state index in [0.29, 0.717) is 12.4 Å². The molecule has 0 amide bonds. The average molecular weight is 223 g/mol. The molecule has 0 aliphatic heterocycles. The van der Waals surface area contributed by atoms with Gasteiger partial charge in [-0.05, 0) is 0 Å². The Morgan fingerprint density at radius 1 is 1.67 bits per heavy atom. The van der Waals surface area contributed by atoms with Gasteiger partial charge in [-0.25, -0.2) is 9.67 Å². The van der Waals surface area contributed by atoms with Crippen molar-refractivity contribution in [3.63, 3.8) is 0 Å². The van der Waals surface area contributed by atoms with Gasteiger partial charge in [0.15, 0.2) is 6.29 Å². The lowest BCUT2D eigenvalue weighted by Crippen LogP contribution is -1.98. The van der Waals surface area contributed by atoms with Crippen molar-refractivity contribution in [2.45, 2.75) is 6.73 Å². The highest BCUT2D eigenvalue weighted by atomic mass is 32.1. The van der Waals surface area contributed by atoms with Crippen molar-refractivity contribution in [3.8, 4) is 10.6 Å². The fourth-order valence-electron chi connectivity index (χ4n) is 1.15. The van der Waals surface area contributed by atoms with E-state index < -0.39 is 0 Å². The molecule has 0 aliphatic carbocycles. The summed E-state index contributed by atoms with van der Waals surface area (Å²) < 4.78 is 6.59. The third-order valence-electron chi connectivity index (χ3n) is 1.78. The molecule has 0 spiro atoms. The fraction of sp³-hybridized carbons (Fsp3) is 0.222. The molecule has 0 unspecified atom stereocenters. The molecule has 15 heavy (non-hydrogen) atoms. The number of carbonyl (C=O) groups excluding carboxylic acids is 1. The number of nitrogens with zero attached hydrogens (tertiary/aromatic N) is 3. The van der Waals surface area contributed by atoms with Crippen LogP contribution in [0, 0.1) is 0 Å². The number of aromatic nitrogens is 3. The summed E-state index contributed by atoms with van der Waals surface area (Å²) in [5.41, 5.74) is 1.35. The Bertz CT molecular complexity index is 463. The molecule has 0 aliphatic rings. The number of thiazole rings is 1. The Balaban J connectivity index is 2.24. The van der Waals surface area contributed by atoms with Crippen LogP contribution in [0.1, 0.15) is 10.5 Å². The summed E-state index contributed by atoms with van der Waals surface area (Å²) in [7, 11) is 1.61. The van der Waals surface area contributed by atoms with Crippen LogP contribution in [0.2, 0.25) is 0 Å². The standard InChI is InChI=1S/C9H9N3O2S/c1-14-6-12-3-7(2-10-12)9-11-8(4-13)5-15-9/h2-5H,6H2,1H3. The van der Waals surface area contributed by atoms with Crippen molar-refractivity contribution in [1.82, 2.24) is 14.8 Å². The number of hydrogen-bond donors (Lipinski definition) is 0. The Morgan fingerprint density at radius 3 is 3.20 bits per heavy atom. The first-order valence-electron chi connectivity index (χ1n) is 4.26. The van der Waals surface area contributed by atoms with Crippen LogP contribution >= 0.6 is 11.3 Å². The molecule has 0 bridgehead atoms. The number of methoxy groups -OCH3 is 1. The van der Waals surface area contributed by atoms with Gasteiger partial charge >= 0.3 is 0 Å². The SMILES string of the molecule is COCn1cc(-c2nc(C=O)cs2)cn1. The molecule has 2 aromatic rings. The first-order chi connectivity index (χ1) is 7.33. The van der Waals surface area contributed by atoms with Crippen molar-refractivity contribution in [2.75, 3.05) is 7.11 Å². The molecule has 5 nitrogen and oxygen atoms in total. The maximum Gasteiger partial charge on any atom is 0.169 e. The van der Waals surface area contributed by atoms with Crippen molar-refractivity contribution < 1.29 is 9.53 Å². The minimum atomic E-state index is 0.409. The summed E-state index contributed by atoms with van der Waals surface area (Å²) in [5, 5.41) is 6.60. The van der Waals surface area contributed by atoms with Crippen LogP contribution in [0.25, 0.3) is 10.6 Å². The van der Waals surface area contributed by atoms with Crippen LogP contribution in [0.3, 0.4) is 0 Å². The third kappa shape index (κ3) is 2.11. The zero-order valence-corrected chi connectivity index (χ0v) is 8.90. The normalized spacial score (nSPS) is 10.5. The Morgan fingerprint density at radius 2 is 2.53 bits per heavy atom. The van der Waals surface area contributed by atoms with E-state index in [1.165, 1.54) is 11.3 Å². The Hall–Kier alpha value is -1.53. The van der Waals surface area contributed by atoms with E-state index >= 15 is 0 Å². The zero-order valence-electron chi connectivity index (χ0n) is 8.08. The molecule has 0 atom stereocenters. The molecule has 78 valence electrons. The first kappa shape index (κ1) is 10.0. The lowest BCUT2D eigenvalue weighted by molar-refractivity contribution is 0.111. The van der Waals surface area contributed by atoms with E-state index in [0.717, 1.165) is 16.9 Å². The number of aldehydes is 1. The van der Waals surface area contributed by atoms with Gasteiger partial charge in [-0.2, -0.15) is 5.10 Å². The lowest BCUT2D eigenvalue weighted by atomic mass is 10.4. The van der Waals surface area contributed by atoms with E-state index in [-0.39, 0.29) is 0 Å². The molecular weight excluding hydrogens is 214 g/mol. The van der Waals surface area contributed by atoms with E-state index in [2.05, 4.69) is 10.1 Å². The quantitative estimate of drug-likeness (QED) is 0.735. The largest absolute Gasteiger partial charge is 0.362 e. The Kier molecular flexibility index (Phi) is 2.89. The van der Waals surface area contributed by atoms with Crippen molar-refractivity contribution in [2.24, 2.45) is 0 Å². The Labute approximate surface area is 90.3 Å². The van der Waals surface area contributed by atoms with Crippen molar-refractivity contribution in [1.29, 1.82) is 0 Å². The van der Waals surface area contributed by atoms with E-state index in [1.54, 1.807) is 23.4 Å². The highest BCUT2D eigenvalue weighted by Crippen LogP contribution is 2.22. The summed E-state index contributed by atoms with van der Waals surface area (Å²) in [4.78, 5) is 14.6. The second-order valence-electron chi connectivity index (χ2n) is 2.88. The summed E-state index contributed by atoms with van der Waals surface area (Å²) in [6.07, 6.45) is 4.27. The molecular formula is C9H9N3O2S. The van der Waals surface area contributed by atoms with Gasteiger partial charge in [0.2, 0.25) is 0 Å². The van der Waals surface area contributed by atoms with Crippen molar-refractivity contribution in [3.05, 3.63) is 23.5 Å². The zero-order chi connectivity index (χ0) is 10.7. The number of ether oxygens (including phenoxy) is 1. The highest BCUT2D eigenvalue weighted by Gasteiger charge is 2.06. The number of rotatable bonds is 4. The molecule has 0 fully saturated rings. The second kappa shape index (κ2) is 4.33. The van der Waals surface area contributed by atoms with Gasteiger partial charge in [-0.1, -0.05) is 0 Å². The molecule has 0 saturated heterocycles. The maximum absolute atomic E-state index is 10.5. The number of carbonyl (C=O) groups is 1. The number of hydrogen-bond acceptors (Lipinski definition) is 5. The van der Waals surface area contributed by atoms with Crippen LogP contribution in [0.5, 0.6) is 0 Å². The second-order valence-corrected chi connectivity index (χ2v) is 3.74. The van der Waals surface area contributed by atoms with Crippen LogP contribution in [0.15, 0.2) is 17.8 Å². The van der Waals surface area contributed by atoms with Crippen LogP contribution in [0.4, 0.5) is 0 Å². The summed E-state index contributed by atoms with van der Waals surface area (Å²) in [6, 6.07) is 0. The summed E-state index contributed by atoms with van der Waals surface area (Å²) >= 11 is 1.42. The van der Waals surface area contributed by atoms with Crippen LogP contribution in [-0.2, 0) is 11.5 Å². The molecule has 2 heterocycles. The van der Waals surface area contributed by atoms with Crippen molar-refractivity contribution >= 4 is 17.6 Å². The van der Waals surface area contributed by atoms with Gasteiger partial charge in [0.1, 0.15) is 17.4 Å². The maximum atomic E-state index is 10.5. The molecule has 0 radical (unpaired) electrons.